The Morgan fingerprint density at radius 2 is 2.15 bits per heavy atom. The molecule has 1 aromatic rings. The first-order valence-corrected chi connectivity index (χ1v) is 6.84. The van der Waals surface area contributed by atoms with Crippen LogP contribution in [0.5, 0.6) is 0 Å². The van der Waals surface area contributed by atoms with Gasteiger partial charge in [-0.2, -0.15) is 0 Å². The first-order chi connectivity index (χ1) is 9.50. The van der Waals surface area contributed by atoms with Crippen LogP contribution >= 0.6 is 0 Å². The van der Waals surface area contributed by atoms with E-state index in [9.17, 15) is 9.59 Å². The van der Waals surface area contributed by atoms with Crippen LogP contribution < -0.4 is 5.32 Å². The number of likely N-dealkylation sites (N-methyl/N-ethyl adjacent to an activating group) is 1. The van der Waals surface area contributed by atoms with Crippen LogP contribution in [0, 0.1) is 6.92 Å². The number of amides is 3. The molecular weight excluding hydrogens is 254 g/mol. The summed E-state index contributed by atoms with van der Waals surface area (Å²) in [6, 6.07) is 7.51. The molecule has 5 heteroatoms. The largest absolute Gasteiger partial charge is 0.336 e. The predicted octanol–water partition coefficient (Wildman–Crippen LogP) is 1.37. The third kappa shape index (κ3) is 2.99. The minimum absolute atomic E-state index is 0.143. The number of nitrogens with zero attached hydrogens (tertiary/aromatic N) is 2. The molecule has 1 saturated heterocycles. The van der Waals surface area contributed by atoms with Crippen molar-refractivity contribution in [3.8, 4) is 0 Å². The summed E-state index contributed by atoms with van der Waals surface area (Å²) in [6.45, 7) is 5.59. The van der Waals surface area contributed by atoms with Gasteiger partial charge in [0, 0.05) is 19.6 Å². The molecule has 1 atom stereocenters. The molecule has 0 unspecified atom stereocenters. The van der Waals surface area contributed by atoms with E-state index in [1.807, 2.05) is 31.0 Å². The number of aryl methyl sites for hydroxylation is 1. The zero-order valence-corrected chi connectivity index (χ0v) is 12.2. The van der Waals surface area contributed by atoms with Gasteiger partial charge in [-0.05, 0) is 32.0 Å². The Morgan fingerprint density at radius 1 is 1.45 bits per heavy atom. The summed E-state index contributed by atoms with van der Waals surface area (Å²) in [6.07, 6.45) is 0. The van der Waals surface area contributed by atoms with E-state index in [-0.39, 0.29) is 18.0 Å². The summed E-state index contributed by atoms with van der Waals surface area (Å²) in [7, 11) is 1.91. The van der Waals surface area contributed by atoms with Crippen LogP contribution in [0.4, 0.5) is 4.79 Å². The highest BCUT2D eigenvalue weighted by molar-refractivity contribution is 5.98. The highest BCUT2D eigenvalue weighted by Crippen LogP contribution is 2.13. The number of rotatable bonds is 4. The normalized spacial score (nSPS) is 16.4. The fourth-order valence-corrected chi connectivity index (χ4v) is 2.29. The van der Waals surface area contributed by atoms with Crippen LogP contribution in [-0.4, -0.2) is 47.9 Å². The molecule has 0 spiro atoms. The molecule has 1 aliphatic rings. The summed E-state index contributed by atoms with van der Waals surface area (Å²) in [5.74, 6) is -0.143. The molecule has 20 heavy (non-hydrogen) atoms. The Morgan fingerprint density at radius 3 is 2.75 bits per heavy atom. The van der Waals surface area contributed by atoms with E-state index >= 15 is 0 Å². The number of benzene rings is 1. The van der Waals surface area contributed by atoms with Crippen LogP contribution in [0.3, 0.4) is 0 Å². The average Bonchev–Trinajstić information content (AvgIpc) is 2.86. The molecule has 0 radical (unpaired) electrons. The second-order valence-corrected chi connectivity index (χ2v) is 5.24. The number of imide groups is 1. The van der Waals surface area contributed by atoms with Gasteiger partial charge in [0.1, 0.15) is 0 Å². The molecule has 1 aromatic carbocycles. The second kappa shape index (κ2) is 6.05. The third-order valence-electron chi connectivity index (χ3n) is 3.82. The van der Waals surface area contributed by atoms with E-state index in [1.54, 1.807) is 0 Å². The zero-order valence-electron chi connectivity index (χ0n) is 12.2. The van der Waals surface area contributed by atoms with Gasteiger partial charge >= 0.3 is 6.03 Å². The van der Waals surface area contributed by atoms with Gasteiger partial charge < -0.3 is 5.32 Å². The number of carbonyl (C=O) groups is 2. The van der Waals surface area contributed by atoms with Crippen LogP contribution in [0.1, 0.15) is 18.1 Å². The van der Waals surface area contributed by atoms with E-state index in [4.69, 9.17) is 0 Å². The number of hydrogen-bond donors (Lipinski definition) is 1. The van der Waals surface area contributed by atoms with Crippen LogP contribution in [0.2, 0.25) is 0 Å². The van der Waals surface area contributed by atoms with Crippen LogP contribution in [0.15, 0.2) is 24.3 Å². The topological polar surface area (TPSA) is 52.7 Å². The molecule has 0 bridgehead atoms. The third-order valence-corrected chi connectivity index (χ3v) is 3.82. The molecule has 0 saturated carbocycles. The van der Waals surface area contributed by atoms with Crippen molar-refractivity contribution in [1.82, 2.24) is 15.1 Å². The van der Waals surface area contributed by atoms with Gasteiger partial charge in [-0.1, -0.05) is 24.3 Å². The second-order valence-electron chi connectivity index (χ2n) is 5.24. The molecule has 5 nitrogen and oxygen atoms in total. The summed E-state index contributed by atoms with van der Waals surface area (Å²) < 4.78 is 0. The summed E-state index contributed by atoms with van der Waals surface area (Å²) >= 11 is 0. The molecular formula is C15H21N3O2. The van der Waals surface area contributed by atoms with Gasteiger partial charge in [0.25, 0.3) is 0 Å². The van der Waals surface area contributed by atoms with E-state index in [0.717, 1.165) is 0 Å². The maximum absolute atomic E-state index is 12.3. The molecule has 1 N–H and O–H groups in total. The van der Waals surface area contributed by atoms with Gasteiger partial charge in [0.05, 0.1) is 6.04 Å². The number of urea groups is 1. The maximum atomic E-state index is 12.3. The molecule has 3 amide bonds. The van der Waals surface area contributed by atoms with Crippen molar-refractivity contribution in [3.05, 3.63) is 35.4 Å². The fraction of sp³-hybridized carbons (Fsp3) is 0.467. The quantitative estimate of drug-likeness (QED) is 0.903. The standard InChI is InChI=1S/C15H21N3O2/c1-11-6-4-5-7-13(11)10-17(3)12(2)14(19)18-9-8-16-15(18)20/h4-7,12H,8-10H2,1-3H3,(H,16,20)/t12-/m0/s1. The predicted molar refractivity (Wildman–Crippen MR) is 77.2 cm³/mol. The monoisotopic (exact) mass is 275 g/mol. The molecule has 0 aromatic heterocycles. The lowest BCUT2D eigenvalue weighted by molar-refractivity contribution is -0.132. The van der Waals surface area contributed by atoms with Crippen molar-refractivity contribution < 1.29 is 9.59 Å². The fourth-order valence-electron chi connectivity index (χ4n) is 2.29. The number of hydrogen-bond acceptors (Lipinski definition) is 3. The van der Waals surface area contributed by atoms with Gasteiger partial charge in [0.2, 0.25) is 5.91 Å². The maximum Gasteiger partial charge on any atom is 0.324 e. The lowest BCUT2D eigenvalue weighted by atomic mass is 10.1. The summed E-state index contributed by atoms with van der Waals surface area (Å²) in [5.41, 5.74) is 2.40. The number of carbonyl (C=O) groups excluding carboxylic acids is 2. The highest BCUT2D eigenvalue weighted by atomic mass is 16.2. The Balaban J connectivity index is 2.01. The van der Waals surface area contributed by atoms with Gasteiger partial charge in [-0.15, -0.1) is 0 Å². The van der Waals surface area contributed by atoms with Crippen LogP contribution in [-0.2, 0) is 11.3 Å². The molecule has 0 aliphatic carbocycles. The van der Waals surface area contributed by atoms with Crippen molar-refractivity contribution in [2.75, 3.05) is 20.1 Å². The molecule has 1 aliphatic heterocycles. The molecule has 2 rings (SSSR count). The van der Waals surface area contributed by atoms with E-state index in [2.05, 4.69) is 24.4 Å². The SMILES string of the molecule is Cc1ccccc1CN(C)[C@@H](C)C(=O)N1CCNC1=O. The smallest absolute Gasteiger partial charge is 0.324 e. The van der Waals surface area contributed by atoms with Crippen LogP contribution in [0.25, 0.3) is 0 Å². The van der Waals surface area contributed by atoms with Crippen molar-refractivity contribution in [1.29, 1.82) is 0 Å². The lowest BCUT2D eigenvalue weighted by Crippen LogP contribution is -2.46. The number of nitrogens with one attached hydrogen (secondary N) is 1. The Kier molecular flexibility index (Phi) is 4.39. The highest BCUT2D eigenvalue weighted by Gasteiger charge is 2.31. The van der Waals surface area contributed by atoms with Crippen molar-refractivity contribution in [3.63, 3.8) is 0 Å². The van der Waals surface area contributed by atoms with Crippen molar-refractivity contribution >= 4 is 11.9 Å². The van der Waals surface area contributed by atoms with Crippen molar-refractivity contribution in [2.45, 2.75) is 26.4 Å². The lowest BCUT2D eigenvalue weighted by Gasteiger charge is -2.27. The van der Waals surface area contributed by atoms with Gasteiger partial charge in [-0.3, -0.25) is 14.6 Å². The first-order valence-electron chi connectivity index (χ1n) is 6.84. The Bertz CT molecular complexity index is 516. The Labute approximate surface area is 119 Å². The summed E-state index contributed by atoms with van der Waals surface area (Å²) in [4.78, 5) is 27.1. The van der Waals surface area contributed by atoms with Gasteiger partial charge in [-0.25, -0.2) is 4.79 Å². The molecule has 1 heterocycles. The molecule has 1 fully saturated rings. The van der Waals surface area contributed by atoms with E-state index in [1.165, 1.54) is 16.0 Å². The van der Waals surface area contributed by atoms with Gasteiger partial charge in [0.15, 0.2) is 0 Å². The Hall–Kier alpha value is -1.88. The summed E-state index contributed by atoms with van der Waals surface area (Å²) in [5, 5.41) is 2.65. The van der Waals surface area contributed by atoms with Crippen molar-refractivity contribution in [2.24, 2.45) is 0 Å². The van der Waals surface area contributed by atoms with E-state index < -0.39 is 0 Å². The minimum Gasteiger partial charge on any atom is -0.336 e. The minimum atomic E-state index is -0.321. The van der Waals surface area contributed by atoms with E-state index in [0.29, 0.717) is 19.6 Å². The average molecular weight is 275 g/mol. The zero-order chi connectivity index (χ0) is 14.7. The molecule has 108 valence electrons. The first kappa shape index (κ1) is 14.5.